The fourth-order valence-electron chi connectivity index (χ4n) is 4.43. The molecule has 1 saturated heterocycles. The second kappa shape index (κ2) is 10.8. The molecular weight excluding hydrogens is 527 g/mol. The summed E-state index contributed by atoms with van der Waals surface area (Å²) in [6.07, 6.45) is -4.85. The van der Waals surface area contributed by atoms with Crippen LogP contribution in [0.3, 0.4) is 0 Å². The van der Waals surface area contributed by atoms with Crippen LogP contribution < -0.4 is 4.90 Å². The van der Waals surface area contributed by atoms with Crippen molar-refractivity contribution in [2.45, 2.75) is 61.3 Å². The van der Waals surface area contributed by atoms with Crippen LogP contribution in [0.1, 0.15) is 33.3 Å². The van der Waals surface area contributed by atoms with Crippen molar-refractivity contribution in [1.82, 2.24) is 9.21 Å². The first kappa shape index (κ1) is 29.3. The molecule has 0 saturated carbocycles. The van der Waals surface area contributed by atoms with Gasteiger partial charge in [-0.1, -0.05) is 24.3 Å². The number of alkyl halides is 3. The van der Waals surface area contributed by atoms with E-state index in [1.165, 1.54) is 41.6 Å². The van der Waals surface area contributed by atoms with Crippen LogP contribution in [0, 0.1) is 0 Å². The van der Waals surface area contributed by atoms with E-state index in [4.69, 9.17) is 0 Å². The number of rotatable bonds is 7. The summed E-state index contributed by atoms with van der Waals surface area (Å²) in [5.74, 6) is -0.174. The van der Waals surface area contributed by atoms with E-state index in [-0.39, 0.29) is 48.6 Å². The van der Waals surface area contributed by atoms with Crippen LogP contribution in [0.2, 0.25) is 0 Å². The molecule has 204 valence electrons. The molecule has 7 nitrogen and oxygen atoms in total. The van der Waals surface area contributed by atoms with Crippen LogP contribution in [0.5, 0.6) is 0 Å². The SMILES string of the molecule is CC(=O)N(C[C@H]1CN(S(=O)(=O)c2ccccc2S)CCN1c1ccc([C@@](C)(O)C(F)(F)F)cc1)C(C)C. The number of hydrogen-bond donors (Lipinski definition) is 2. The van der Waals surface area contributed by atoms with E-state index >= 15 is 0 Å². The lowest BCUT2D eigenvalue weighted by Gasteiger charge is -2.44. The maximum absolute atomic E-state index is 13.4. The highest BCUT2D eigenvalue weighted by molar-refractivity contribution is 7.90. The molecule has 3 rings (SSSR count). The van der Waals surface area contributed by atoms with E-state index in [9.17, 15) is 31.5 Å². The fourth-order valence-corrected chi connectivity index (χ4v) is 6.48. The highest BCUT2D eigenvalue weighted by atomic mass is 32.2. The van der Waals surface area contributed by atoms with Crippen LogP contribution >= 0.6 is 12.6 Å². The van der Waals surface area contributed by atoms with E-state index in [0.717, 1.165) is 0 Å². The molecule has 1 aliphatic heterocycles. The molecule has 0 aromatic heterocycles. The first-order chi connectivity index (χ1) is 17.1. The third kappa shape index (κ3) is 6.08. The van der Waals surface area contributed by atoms with Gasteiger partial charge < -0.3 is 14.9 Å². The highest BCUT2D eigenvalue weighted by Crippen LogP contribution is 2.39. The zero-order valence-electron chi connectivity index (χ0n) is 21.1. The first-order valence-electron chi connectivity index (χ1n) is 11.8. The van der Waals surface area contributed by atoms with E-state index in [1.54, 1.807) is 23.1 Å². The van der Waals surface area contributed by atoms with Gasteiger partial charge in [0.05, 0.1) is 10.9 Å². The molecule has 1 amide bonds. The predicted molar refractivity (Wildman–Crippen MR) is 138 cm³/mol. The maximum Gasteiger partial charge on any atom is 0.421 e. The van der Waals surface area contributed by atoms with Crippen LogP contribution in [0.15, 0.2) is 58.3 Å². The van der Waals surface area contributed by atoms with Crippen LogP contribution in [-0.4, -0.2) is 73.1 Å². The van der Waals surface area contributed by atoms with Gasteiger partial charge in [0, 0.05) is 49.7 Å². The van der Waals surface area contributed by atoms with Gasteiger partial charge in [-0.2, -0.15) is 17.5 Å². The number of carbonyl (C=O) groups is 1. The Bertz CT molecular complexity index is 1220. The minimum atomic E-state index is -4.85. The third-order valence-electron chi connectivity index (χ3n) is 6.68. The third-order valence-corrected chi connectivity index (χ3v) is 9.14. The lowest BCUT2D eigenvalue weighted by Crippen LogP contribution is -2.59. The van der Waals surface area contributed by atoms with Crippen molar-refractivity contribution < 1.29 is 31.5 Å². The highest BCUT2D eigenvalue weighted by Gasteiger charge is 2.51. The molecule has 2 atom stereocenters. The van der Waals surface area contributed by atoms with Gasteiger partial charge in [0.15, 0.2) is 5.60 Å². The molecule has 1 aliphatic rings. The molecule has 0 unspecified atom stereocenters. The average molecular weight is 560 g/mol. The zero-order chi connectivity index (χ0) is 27.8. The Morgan fingerprint density at radius 3 is 2.24 bits per heavy atom. The van der Waals surface area contributed by atoms with Crippen molar-refractivity contribution in [3.8, 4) is 0 Å². The van der Waals surface area contributed by atoms with Gasteiger partial charge >= 0.3 is 6.18 Å². The van der Waals surface area contributed by atoms with Gasteiger partial charge in [0.1, 0.15) is 0 Å². The lowest BCUT2D eigenvalue weighted by molar-refractivity contribution is -0.258. The van der Waals surface area contributed by atoms with Crippen molar-refractivity contribution in [1.29, 1.82) is 0 Å². The Balaban J connectivity index is 1.96. The van der Waals surface area contributed by atoms with E-state index < -0.39 is 27.8 Å². The quantitative estimate of drug-likeness (QED) is 0.504. The Hall–Kier alpha value is -2.28. The number of anilines is 1. The molecule has 12 heteroatoms. The summed E-state index contributed by atoms with van der Waals surface area (Å²) < 4.78 is 68.1. The molecule has 0 spiro atoms. The molecule has 1 N–H and O–H groups in total. The van der Waals surface area contributed by atoms with Gasteiger partial charge in [-0.25, -0.2) is 8.42 Å². The molecule has 2 aromatic carbocycles. The number of aliphatic hydroxyl groups is 1. The van der Waals surface area contributed by atoms with Gasteiger partial charge in [0.25, 0.3) is 0 Å². The Morgan fingerprint density at radius 2 is 1.73 bits per heavy atom. The Labute approximate surface area is 221 Å². The molecular formula is C25H32F3N3O4S2. The molecule has 0 aliphatic carbocycles. The van der Waals surface area contributed by atoms with Gasteiger partial charge in [0.2, 0.25) is 15.9 Å². The smallest absolute Gasteiger partial charge is 0.376 e. The Kier molecular flexibility index (Phi) is 8.57. The van der Waals surface area contributed by atoms with Gasteiger partial charge in [-0.05, 0) is 50.6 Å². The number of amides is 1. The summed E-state index contributed by atoms with van der Waals surface area (Å²) in [5.41, 5.74) is -2.76. The summed E-state index contributed by atoms with van der Waals surface area (Å²) >= 11 is 4.30. The lowest BCUT2D eigenvalue weighted by atomic mass is 9.95. The van der Waals surface area contributed by atoms with Crippen molar-refractivity contribution >= 4 is 34.2 Å². The van der Waals surface area contributed by atoms with Crippen LogP contribution in [-0.2, 0) is 20.4 Å². The number of carbonyl (C=O) groups excluding carboxylic acids is 1. The molecule has 1 fully saturated rings. The fraction of sp³-hybridized carbons (Fsp3) is 0.480. The predicted octanol–water partition coefficient (Wildman–Crippen LogP) is 3.88. The van der Waals surface area contributed by atoms with E-state index in [0.29, 0.717) is 17.5 Å². The second-order valence-corrected chi connectivity index (χ2v) is 11.9. The number of piperazine rings is 1. The number of thiol groups is 1. The van der Waals surface area contributed by atoms with Gasteiger partial charge in [-0.15, -0.1) is 12.6 Å². The van der Waals surface area contributed by atoms with Crippen LogP contribution in [0.4, 0.5) is 18.9 Å². The number of benzene rings is 2. The largest absolute Gasteiger partial charge is 0.421 e. The number of sulfonamides is 1. The second-order valence-electron chi connectivity index (χ2n) is 9.56. The summed E-state index contributed by atoms with van der Waals surface area (Å²) in [6, 6.07) is 11.1. The molecule has 1 heterocycles. The molecule has 0 radical (unpaired) electrons. The topological polar surface area (TPSA) is 81.2 Å². The number of hydrogen-bond acceptors (Lipinski definition) is 6. The van der Waals surface area contributed by atoms with Crippen molar-refractivity contribution in [2.75, 3.05) is 31.1 Å². The first-order valence-corrected chi connectivity index (χ1v) is 13.7. The average Bonchev–Trinajstić information content (AvgIpc) is 2.81. The summed E-state index contributed by atoms with van der Waals surface area (Å²) in [7, 11) is -3.88. The summed E-state index contributed by atoms with van der Waals surface area (Å²) in [4.78, 5) is 16.2. The minimum Gasteiger partial charge on any atom is -0.376 e. The number of nitrogens with zero attached hydrogens (tertiary/aromatic N) is 3. The van der Waals surface area contributed by atoms with Crippen LogP contribution in [0.25, 0.3) is 0 Å². The monoisotopic (exact) mass is 559 g/mol. The Morgan fingerprint density at radius 1 is 1.14 bits per heavy atom. The number of halogens is 3. The summed E-state index contributed by atoms with van der Waals surface area (Å²) in [5, 5.41) is 10.0. The molecule has 0 bridgehead atoms. The van der Waals surface area contributed by atoms with Crippen molar-refractivity contribution in [2.24, 2.45) is 0 Å². The van der Waals surface area contributed by atoms with E-state index in [1.807, 2.05) is 18.7 Å². The van der Waals surface area contributed by atoms with E-state index in [2.05, 4.69) is 12.6 Å². The maximum atomic E-state index is 13.4. The van der Waals surface area contributed by atoms with Crippen molar-refractivity contribution in [3.05, 3.63) is 54.1 Å². The molecule has 37 heavy (non-hydrogen) atoms. The van der Waals surface area contributed by atoms with Gasteiger partial charge in [-0.3, -0.25) is 4.79 Å². The normalized spacial score (nSPS) is 19.1. The minimum absolute atomic E-state index is 0.0585. The summed E-state index contributed by atoms with van der Waals surface area (Å²) in [6.45, 7) is 6.49. The van der Waals surface area contributed by atoms with Crippen molar-refractivity contribution in [3.63, 3.8) is 0 Å². The zero-order valence-corrected chi connectivity index (χ0v) is 22.8. The standard InChI is InChI=1S/C25H32F3N3O4S2/c1-17(2)31(18(3)32)16-21-15-29(37(34,35)23-8-6-5-7-22(23)36)13-14-30(21)20-11-9-19(10-12-20)24(4,33)25(26,27)28/h5-12,17,21,33,36H,13-16H2,1-4H3/t21-,24-/m1/s1. The molecule has 2 aromatic rings.